The van der Waals surface area contributed by atoms with Gasteiger partial charge in [-0.05, 0) is 48.9 Å². The molecule has 0 unspecified atom stereocenters. The number of hydrogen-bond acceptors (Lipinski definition) is 3. The highest BCUT2D eigenvalue weighted by Gasteiger charge is 1.90. The SMILES string of the molecule is CNCCCNCc1ccsc1. The lowest BCUT2D eigenvalue weighted by atomic mass is 10.3. The van der Waals surface area contributed by atoms with Gasteiger partial charge < -0.3 is 10.6 Å². The maximum Gasteiger partial charge on any atom is 0.0213 e. The Bertz CT molecular complexity index is 184. The highest BCUT2D eigenvalue weighted by molar-refractivity contribution is 7.07. The van der Waals surface area contributed by atoms with Gasteiger partial charge in [0, 0.05) is 6.54 Å². The first-order valence-corrected chi connectivity index (χ1v) is 5.24. The van der Waals surface area contributed by atoms with Crippen molar-refractivity contribution in [2.75, 3.05) is 20.1 Å². The van der Waals surface area contributed by atoms with Gasteiger partial charge in [-0.25, -0.2) is 0 Å². The number of hydrogen-bond donors (Lipinski definition) is 2. The molecule has 0 aliphatic carbocycles. The van der Waals surface area contributed by atoms with Crippen molar-refractivity contribution in [3.05, 3.63) is 22.4 Å². The van der Waals surface area contributed by atoms with Gasteiger partial charge in [0.1, 0.15) is 0 Å². The third kappa shape index (κ3) is 3.85. The van der Waals surface area contributed by atoms with Crippen LogP contribution in [0.5, 0.6) is 0 Å². The lowest BCUT2D eigenvalue weighted by molar-refractivity contribution is 0.626. The molecule has 0 aromatic carbocycles. The van der Waals surface area contributed by atoms with Crippen molar-refractivity contribution >= 4 is 11.3 Å². The van der Waals surface area contributed by atoms with E-state index in [1.54, 1.807) is 11.3 Å². The molecule has 2 nitrogen and oxygen atoms in total. The summed E-state index contributed by atoms with van der Waals surface area (Å²) in [5.41, 5.74) is 1.39. The van der Waals surface area contributed by atoms with Crippen LogP contribution in [0.15, 0.2) is 16.8 Å². The van der Waals surface area contributed by atoms with Crippen molar-refractivity contribution in [2.45, 2.75) is 13.0 Å². The highest BCUT2D eigenvalue weighted by atomic mass is 32.1. The van der Waals surface area contributed by atoms with E-state index in [0.717, 1.165) is 19.6 Å². The van der Waals surface area contributed by atoms with Gasteiger partial charge in [-0.1, -0.05) is 0 Å². The Morgan fingerprint density at radius 2 is 2.33 bits per heavy atom. The molecule has 1 heterocycles. The van der Waals surface area contributed by atoms with Crippen molar-refractivity contribution < 1.29 is 0 Å². The molecule has 0 saturated carbocycles. The van der Waals surface area contributed by atoms with E-state index in [1.165, 1.54) is 12.0 Å². The third-order valence-corrected chi connectivity index (χ3v) is 2.42. The maximum absolute atomic E-state index is 3.39. The van der Waals surface area contributed by atoms with E-state index < -0.39 is 0 Å². The molecule has 0 fully saturated rings. The molecule has 0 radical (unpaired) electrons. The topological polar surface area (TPSA) is 24.1 Å². The Morgan fingerprint density at radius 1 is 1.42 bits per heavy atom. The molecule has 0 saturated heterocycles. The van der Waals surface area contributed by atoms with Crippen LogP contribution >= 0.6 is 11.3 Å². The van der Waals surface area contributed by atoms with Gasteiger partial charge in [0.15, 0.2) is 0 Å². The monoisotopic (exact) mass is 184 g/mol. The summed E-state index contributed by atoms with van der Waals surface area (Å²) in [5, 5.41) is 10.8. The second kappa shape index (κ2) is 6.17. The van der Waals surface area contributed by atoms with E-state index in [2.05, 4.69) is 27.5 Å². The molecular formula is C9H16N2S. The average molecular weight is 184 g/mol. The second-order valence-corrected chi connectivity index (χ2v) is 3.55. The Labute approximate surface area is 78.0 Å². The fraction of sp³-hybridized carbons (Fsp3) is 0.556. The maximum atomic E-state index is 3.39. The molecule has 0 atom stereocenters. The van der Waals surface area contributed by atoms with E-state index in [4.69, 9.17) is 0 Å². The lowest BCUT2D eigenvalue weighted by Crippen LogP contribution is -2.19. The number of rotatable bonds is 6. The van der Waals surface area contributed by atoms with Crippen LogP contribution in [-0.2, 0) is 6.54 Å². The van der Waals surface area contributed by atoms with Crippen LogP contribution in [0.4, 0.5) is 0 Å². The van der Waals surface area contributed by atoms with Crippen LogP contribution < -0.4 is 10.6 Å². The summed E-state index contributed by atoms with van der Waals surface area (Å²) in [6.07, 6.45) is 1.20. The van der Waals surface area contributed by atoms with Gasteiger partial charge >= 0.3 is 0 Å². The van der Waals surface area contributed by atoms with Gasteiger partial charge in [-0.2, -0.15) is 11.3 Å². The van der Waals surface area contributed by atoms with E-state index in [0.29, 0.717) is 0 Å². The molecule has 3 heteroatoms. The summed E-state index contributed by atoms with van der Waals surface area (Å²) < 4.78 is 0. The van der Waals surface area contributed by atoms with Crippen molar-refractivity contribution in [1.82, 2.24) is 10.6 Å². The van der Waals surface area contributed by atoms with Crippen LogP contribution in [0.2, 0.25) is 0 Å². The zero-order valence-electron chi connectivity index (χ0n) is 7.47. The molecule has 0 bridgehead atoms. The standard InChI is InChI=1S/C9H16N2S/c1-10-4-2-5-11-7-9-3-6-12-8-9/h3,6,8,10-11H,2,4-5,7H2,1H3. The largest absolute Gasteiger partial charge is 0.320 e. The summed E-state index contributed by atoms with van der Waals surface area (Å²) >= 11 is 1.76. The van der Waals surface area contributed by atoms with E-state index in [-0.39, 0.29) is 0 Å². The third-order valence-electron chi connectivity index (χ3n) is 1.69. The predicted octanol–water partition coefficient (Wildman–Crippen LogP) is 1.45. The quantitative estimate of drug-likeness (QED) is 0.654. The Morgan fingerprint density at radius 3 is 3.00 bits per heavy atom. The summed E-state index contributed by atoms with van der Waals surface area (Å²) in [4.78, 5) is 0. The molecule has 0 aliphatic rings. The van der Waals surface area contributed by atoms with Gasteiger partial charge in [0.2, 0.25) is 0 Å². The van der Waals surface area contributed by atoms with Crippen molar-refractivity contribution in [1.29, 1.82) is 0 Å². The Kier molecular flexibility index (Phi) is 4.99. The summed E-state index contributed by atoms with van der Waals surface area (Å²) in [7, 11) is 1.98. The van der Waals surface area contributed by atoms with Crippen LogP contribution in [0.3, 0.4) is 0 Å². The predicted molar refractivity (Wildman–Crippen MR) is 54.6 cm³/mol. The molecular weight excluding hydrogens is 168 g/mol. The lowest BCUT2D eigenvalue weighted by Gasteiger charge is -2.01. The zero-order chi connectivity index (χ0) is 8.65. The van der Waals surface area contributed by atoms with Gasteiger partial charge in [0.25, 0.3) is 0 Å². The molecule has 0 spiro atoms. The molecule has 1 aromatic heterocycles. The fourth-order valence-corrected chi connectivity index (χ4v) is 1.68. The van der Waals surface area contributed by atoms with E-state index in [1.807, 2.05) is 7.05 Å². The van der Waals surface area contributed by atoms with Crippen molar-refractivity contribution in [3.63, 3.8) is 0 Å². The molecule has 1 rings (SSSR count). The van der Waals surface area contributed by atoms with Gasteiger partial charge in [-0.3, -0.25) is 0 Å². The first kappa shape index (κ1) is 9.71. The summed E-state index contributed by atoms with van der Waals surface area (Å²) in [5.74, 6) is 0. The normalized spacial score (nSPS) is 10.4. The first-order valence-electron chi connectivity index (χ1n) is 4.30. The minimum absolute atomic E-state index is 1.01. The molecule has 12 heavy (non-hydrogen) atoms. The van der Waals surface area contributed by atoms with Gasteiger partial charge in [0.05, 0.1) is 0 Å². The molecule has 68 valence electrons. The minimum Gasteiger partial charge on any atom is -0.320 e. The summed E-state index contributed by atoms with van der Waals surface area (Å²) in [6.45, 7) is 3.19. The first-order chi connectivity index (χ1) is 5.93. The van der Waals surface area contributed by atoms with Crippen molar-refractivity contribution in [3.8, 4) is 0 Å². The van der Waals surface area contributed by atoms with Crippen LogP contribution in [0, 0.1) is 0 Å². The van der Waals surface area contributed by atoms with E-state index >= 15 is 0 Å². The Hall–Kier alpha value is -0.380. The molecule has 2 N–H and O–H groups in total. The summed E-state index contributed by atoms with van der Waals surface area (Å²) in [6, 6.07) is 2.16. The highest BCUT2D eigenvalue weighted by Crippen LogP contribution is 2.04. The number of nitrogens with one attached hydrogen (secondary N) is 2. The Balaban J connectivity index is 1.96. The van der Waals surface area contributed by atoms with Crippen LogP contribution in [0.1, 0.15) is 12.0 Å². The van der Waals surface area contributed by atoms with Crippen LogP contribution in [0.25, 0.3) is 0 Å². The zero-order valence-corrected chi connectivity index (χ0v) is 8.29. The van der Waals surface area contributed by atoms with Crippen LogP contribution in [-0.4, -0.2) is 20.1 Å². The molecule has 0 amide bonds. The second-order valence-electron chi connectivity index (χ2n) is 2.77. The smallest absolute Gasteiger partial charge is 0.0213 e. The van der Waals surface area contributed by atoms with E-state index in [9.17, 15) is 0 Å². The fourth-order valence-electron chi connectivity index (χ4n) is 1.02. The molecule has 0 aliphatic heterocycles. The average Bonchev–Trinajstić information content (AvgIpc) is 2.57. The molecule has 1 aromatic rings. The minimum atomic E-state index is 1.01. The number of thiophene rings is 1. The van der Waals surface area contributed by atoms with Crippen molar-refractivity contribution in [2.24, 2.45) is 0 Å². The van der Waals surface area contributed by atoms with Gasteiger partial charge in [-0.15, -0.1) is 0 Å².